The molecule has 1 fully saturated rings. The van der Waals surface area contributed by atoms with E-state index in [-0.39, 0.29) is 35.5 Å². The van der Waals surface area contributed by atoms with E-state index in [1.165, 1.54) is 122 Å². The Balaban J connectivity index is 2.25. The van der Waals surface area contributed by atoms with Crippen LogP contribution in [0.1, 0.15) is 247 Å². The Morgan fingerprint density at radius 2 is 1.07 bits per heavy atom. The van der Waals surface area contributed by atoms with Gasteiger partial charge >= 0.3 is 11.9 Å². The maximum atomic E-state index is 13.4. The van der Waals surface area contributed by atoms with Crippen LogP contribution in [0, 0.1) is 10.8 Å². The molecule has 1 aliphatic rings. The Kier molecular flexibility index (Phi) is 32.0. The lowest BCUT2D eigenvalue weighted by molar-refractivity contribution is -0.157. The molecule has 6 heteroatoms. The van der Waals surface area contributed by atoms with Crippen LogP contribution in [0.2, 0.25) is 0 Å². The number of unbranched alkanes of at least 4 members (excludes halogenated alkanes) is 21. The second-order valence-corrected chi connectivity index (χ2v) is 18.2. The van der Waals surface area contributed by atoms with E-state index < -0.39 is 0 Å². The number of rotatable bonds is 41. The van der Waals surface area contributed by atoms with Gasteiger partial charge in [-0.25, -0.2) is 0 Å². The van der Waals surface area contributed by atoms with E-state index in [0.717, 1.165) is 103 Å². The molecule has 0 spiro atoms. The molecule has 1 aliphatic carbocycles. The standard InChI is InChI=1S/C48H93NO5/c1-6-9-12-15-18-21-27-34-45(51)53-43-47(4,5)35-28-24-31-40-49(41-42-50)39-30-23-22-29-36-48(37-38-48)46(52)54-44(32-25-19-16-13-10-7-2)33-26-20-17-14-11-8-3/h44,50H,6-43H2,1-5H3. The largest absolute Gasteiger partial charge is 0.465 e. The van der Waals surface area contributed by atoms with Crippen molar-refractivity contribution in [3.8, 4) is 0 Å². The average Bonchev–Trinajstić information content (AvgIpc) is 3.95. The van der Waals surface area contributed by atoms with Crippen LogP contribution in [0.3, 0.4) is 0 Å². The van der Waals surface area contributed by atoms with Crippen LogP contribution in [0.5, 0.6) is 0 Å². The molecule has 0 aromatic carbocycles. The molecule has 0 aromatic heterocycles. The fraction of sp³-hybridized carbons (Fsp3) is 0.958. The van der Waals surface area contributed by atoms with Gasteiger partial charge in [0.25, 0.3) is 0 Å². The molecule has 0 unspecified atom stereocenters. The molecule has 0 amide bonds. The Morgan fingerprint density at radius 1 is 0.611 bits per heavy atom. The Bertz CT molecular complexity index is 855. The molecule has 0 atom stereocenters. The summed E-state index contributed by atoms with van der Waals surface area (Å²) in [5, 5.41) is 9.67. The van der Waals surface area contributed by atoms with Crippen molar-refractivity contribution in [3.05, 3.63) is 0 Å². The number of hydrogen-bond donors (Lipinski definition) is 1. The topological polar surface area (TPSA) is 76.1 Å². The van der Waals surface area contributed by atoms with Gasteiger partial charge in [0.15, 0.2) is 0 Å². The van der Waals surface area contributed by atoms with Crippen molar-refractivity contribution in [2.45, 2.75) is 253 Å². The van der Waals surface area contributed by atoms with Gasteiger partial charge in [-0.05, 0) is 89.1 Å². The lowest BCUT2D eigenvalue weighted by Gasteiger charge is -2.25. The molecule has 54 heavy (non-hydrogen) atoms. The Hall–Kier alpha value is -1.14. The molecule has 1 rings (SSSR count). The van der Waals surface area contributed by atoms with E-state index in [0.29, 0.717) is 13.0 Å². The maximum Gasteiger partial charge on any atom is 0.312 e. The molecule has 1 N–H and O–H groups in total. The van der Waals surface area contributed by atoms with Gasteiger partial charge in [0, 0.05) is 13.0 Å². The third kappa shape index (κ3) is 28.3. The van der Waals surface area contributed by atoms with E-state index in [4.69, 9.17) is 9.47 Å². The first-order chi connectivity index (χ1) is 26.2. The second kappa shape index (κ2) is 33.9. The zero-order chi connectivity index (χ0) is 39.6. The third-order valence-corrected chi connectivity index (χ3v) is 12.1. The number of aliphatic hydroxyl groups excluding tert-OH is 1. The minimum absolute atomic E-state index is 0.0131. The van der Waals surface area contributed by atoms with Crippen molar-refractivity contribution < 1.29 is 24.2 Å². The summed E-state index contributed by atoms with van der Waals surface area (Å²) in [6, 6.07) is 0. The molecule has 0 saturated heterocycles. The number of carbonyl (C=O) groups is 2. The van der Waals surface area contributed by atoms with Crippen molar-refractivity contribution in [2.24, 2.45) is 10.8 Å². The van der Waals surface area contributed by atoms with Crippen LogP contribution in [0.4, 0.5) is 0 Å². The number of ether oxygens (including phenoxy) is 2. The summed E-state index contributed by atoms with van der Waals surface area (Å²) >= 11 is 0. The monoisotopic (exact) mass is 764 g/mol. The van der Waals surface area contributed by atoms with Crippen molar-refractivity contribution in [1.82, 2.24) is 4.90 Å². The predicted octanol–water partition coefficient (Wildman–Crippen LogP) is 13.7. The van der Waals surface area contributed by atoms with Crippen LogP contribution in [0.25, 0.3) is 0 Å². The number of carbonyl (C=O) groups excluding carboxylic acids is 2. The highest BCUT2D eigenvalue weighted by atomic mass is 16.5. The summed E-state index contributed by atoms with van der Waals surface area (Å²) < 4.78 is 12.0. The van der Waals surface area contributed by atoms with Gasteiger partial charge in [-0.15, -0.1) is 0 Å². The first kappa shape index (κ1) is 50.9. The number of esters is 2. The van der Waals surface area contributed by atoms with Gasteiger partial charge in [0.05, 0.1) is 18.6 Å². The molecule has 0 bridgehead atoms. The van der Waals surface area contributed by atoms with Crippen molar-refractivity contribution in [2.75, 3.05) is 32.8 Å². The summed E-state index contributed by atoms with van der Waals surface area (Å²) in [5.41, 5.74) is -0.175. The fourth-order valence-corrected chi connectivity index (χ4v) is 7.94. The van der Waals surface area contributed by atoms with Crippen molar-refractivity contribution >= 4 is 11.9 Å². The smallest absolute Gasteiger partial charge is 0.312 e. The van der Waals surface area contributed by atoms with Crippen LogP contribution in [0.15, 0.2) is 0 Å². The molecule has 0 radical (unpaired) electrons. The van der Waals surface area contributed by atoms with Crippen molar-refractivity contribution in [3.63, 3.8) is 0 Å². The number of aliphatic hydroxyl groups is 1. The maximum absolute atomic E-state index is 13.4. The van der Waals surface area contributed by atoms with Crippen LogP contribution >= 0.6 is 0 Å². The molecular weight excluding hydrogens is 671 g/mol. The van der Waals surface area contributed by atoms with Crippen LogP contribution < -0.4 is 0 Å². The summed E-state index contributed by atoms with van der Waals surface area (Å²) in [5.74, 6) is 0.0777. The minimum atomic E-state index is -0.188. The quantitative estimate of drug-likeness (QED) is 0.0494. The van der Waals surface area contributed by atoms with Crippen LogP contribution in [-0.2, 0) is 19.1 Å². The molecule has 320 valence electrons. The van der Waals surface area contributed by atoms with Gasteiger partial charge in [0.2, 0.25) is 0 Å². The van der Waals surface area contributed by atoms with Gasteiger partial charge in [-0.2, -0.15) is 0 Å². The van der Waals surface area contributed by atoms with Gasteiger partial charge in [-0.1, -0.05) is 169 Å². The van der Waals surface area contributed by atoms with E-state index in [2.05, 4.69) is 39.5 Å². The Labute approximate surface area is 336 Å². The number of hydrogen-bond acceptors (Lipinski definition) is 6. The third-order valence-electron chi connectivity index (χ3n) is 12.1. The Morgan fingerprint density at radius 3 is 1.59 bits per heavy atom. The summed E-state index contributed by atoms with van der Waals surface area (Å²) in [4.78, 5) is 28.1. The molecule has 0 aliphatic heterocycles. The molecule has 6 nitrogen and oxygen atoms in total. The van der Waals surface area contributed by atoms with E-state index in [9.17, 15) is 14.7 Å². The average molecular weight is 764 g/mol. The second-order valence-electron chi connectivity index (χ2n) is 18.2. The van der Waals surface area contributed by atoms with E-state index in [1.807, 2.05) is 0 Å². The zero-order valence-corrected chi connectivity index (χ0v) is 37.0. The normalized spacial score (nSPS) is 13.9. The SMILES string of the molecule is CCCCCCCCCC(=O)OCC(C)(C)CCCCCN(CCO)CCCCCCC1(C(=O)OC(CCCCCCCC)CCCCCCCC)CC1. The lowest BCUT2D eigenvalue weighted by Crippen LogP contribution is -2.29. The first-order valence-corrected chi connectivity index (χ1v) is 23.9. The highest BCUT2D eigenvalue weighted by molar-refractivity contribution is 5.80. The molecule has 0 heterocycles. The first-order valence-electron chi connectivity index (χ1n) is 23.9. The van der Waals surface area contributed by atoms with Crippen molar-refractivity contribution in [1.29, 1.82) is 0 Å². The summed E-state index contributed by atoms with van der Waals surface area (Å²) in [6.45, 7) is 14.7. The lowest BCUT2D eigenvalue weighted by atomic mass is 9.88. The molecular formula is C48H93NO5. The highest BCUT2D eigenvalue weighted by Crippen LogP contribution is 2.51. The zero-order valence-electron chi connectivity index (χ0n) is 37.0. The van der Waals surface area contributed by atoms with Gasteiger partial charge < -0.3 is 19.5 Å². The minimum Gasteiger partial charge on any atom is -0.465 e. The van der Waals surface area contributed by atoms with Gasteiger partial charge in [0.1, 0.15) is 6.10 Å². The van der Waals surface area contributed by atoms with Crippen LogP contribution in [-0.4, -0.2) is 60.9 Å². The van der Waals surface area contributed by atoms with E-state index in [1.54, 1.807) is 0 Å². The summed E-state index contributed by atoms with van der Waals surface area (Å²) in [6.07, 6.45) is 38.8. The number of nitrogens with zero attached hydrogens (tertiary/aromatic N) is 1. The summed E-state index contributed by atoms with van der Waals surface area (Å²) in [7, 11) is 0. The fourth-order valence-electron chi connectivity index (χ4n) is 7.94. The molecule has 0 aromatic rings. The van der Waals surface area contributed by atoms with Gasteiger partial charge in [-0.3, -0.25) is 9.59 Å². The molecule has 1 saturated carbocycles. The highest BCUT2D eigenvalue weighted by Gasteiger charge is 2.51. The van der Waals surface area contributed by atoms with E-state index >= 15 is 0 Å². The predicted molar refractivity (Wildman–Crippen MR) is 230 cm³/mol.